The molecule has 0 spiro atoms. The molecule has 2 aromatic rings. The molecular formula is C10H7ClN4. The molecule has 0 radical (unpaired) electrons. The molecule has 0 bridgehead atoms. The quantitative estimate of drug-likeness (QED) is 0.724. The number of rotatable bonds is 2. The molecular weight excluding hydrogens is 212 g/mol. The van der Waals surface area contributed by atoms with E-state index in [0.717, 1.165) is 5.56 Å². The van der Waals surface area contributed by atoms with Gasteiger partial charge in [-0.05, 0) is 17.7 Å². The van der Waals surface area contributed by atoms with Crippen LogP contribution < -0.4 is 0 Å². The summed E-state index contributed by atoms with van der Waals surface area (Å²) in [5.74, 6) is 0. The fourth-order valence-electron chi connectivity index (χ4n) is 1.20. The fourth-order valence-corrected chi connectivity index (χ4v) is 1.45. The Balaban J connectivity index is 2.27. The summed E-state index contributed by atoms with van der Waals surface area (Å²) in [5.41, 5.74) is 1.10. The van der Waals surface area contributed by atoms with E-state index in [2.05, 4.69) is 16.2 Å². The standard InChI is InChI=1S/C10H7ClN4/c11-10(15-7-13-6-14-15)9-3-1-8(5-12)2-4-9/h1-4,6-7,10H. The van der Waals surface area contributed by atoms with E-state index >= 15 is 0 Å². The van der Waals surface area contributed by atoms with Gasteiger partial charge >= 0.3 is 0 Å². The summed E-state index contributed by atoms with van der Waals surface area (Å²) < 4.78 is 1.54. The van der Waals surface area contributed by atoms with Crippen LogP contribution in [0.2, 0.25) is 0 Å². The summed E-state index contributed by atoms with van der Waals surface area (Å²) in [6, 6.07) is 9.10. The van der Waals surface area contributed by atoms with Crippen molar-refractivity contribution in [3.63, 3.8) is 0 Å². The van der Waals surface area contributed by atoms with E-state index in [1.165, 1.54) is 6.33 Å². The van der Waals surface area contributed by atoms with Crippen LogP contribution in [0.3, 0.4) is 0 Å². The lowest BCUT2D eigenvalue weighted by molar-refractivity contribution is 0.660. The van der Waals surface area contributed by atoms with Gasteiger partial charge in [-0.2, -0.15) is 10.4 Å². The molecule has 4 nitrogen and oxygen atoms in total. The highest BCUT2D eigenvalue weighted by Gasteiger charge is 2.09. The zero-order chi connectivity index (χ0) is 10.7. The normalized spacial score (nSPS) is 12.0. The number of hydrogen-bond acceptors (Lipinski definition) is 3. The first-order chi connectivity index (χ1) is 7.31. The van der Waals surface area contributed by atoms with Gasteiger partial charge in [0.1, 0.15) is 12.7 Å². The summed E-state index contributed by atoms with van der Waals surface area (Å²) >= 11 is 6.15. The first-order valence-electron chi connectivity index (χ1n) is 4.29. The Bertz CT molecular complexity index is 469. The summed E-state index contributed by atoms with van der Waals surface area (Å²) in [6.07, 6.45) is 2.98. The van der Waals surface area contributed by atoms with E-state index in [1.54, 1.807) is 35.3 Å². The SMILES string of the molecule is N#Cc1ccc(C(Cl)n2cncn2)cc1. The number of benzene rings is 1. The summed E-state index contributed by atoms with van der Waals surface area (Å²) in [5, 5.41) is 12.6. The second kappa shape index (κ2) is 4.11. The van der Waals surface area contributed by atoms with Crippen molar-refractivity contribution in [2.24, 2.45) is 0 Å². The second-order valence-electron chi connectivity index (χ2n) is 2.95. The molecule has 74 valence electrons. The van der Waals surface area contributed by atoms with Crippen LogP contribution in [0, 0.1) is 11.3 Å². The summed E-state index contributed by atoms with van der Waals surface area (Å²) in [7, 11) is 0. The van der Waals surface area contributed by atoms with Crippen molar-refractivity contribution in [2.75, 3.05) is 0 Å². The number of nitrogens with zero attached hydrogens (tertiary/aromatic N) is 4. The Hall–Kier alpha value is -1.86. The summed E-state index contributed by atoms with van der Waals surface area (Å²) in [4.78, 5) is 3.82. The molecule has 0 saturated heterocycles. The fraction of sp³-hybridized carbons (Fsp3) is 0.100. The lowest BCUT2D eigenvalue weighted by Gasteiger charge is -2.08. The second-order valence-corrected chi connectivity index (χ2v) is 3.36. The number of alkyl halides is 1. The van der Waals surface area contributed by atoms with E-state index < -0.39 is 0 Å². The molecule has 1 aromatic carbocycles. The van der Waals surface area contributed by atoms with Crippen LogP contribution in [0.25, 0.3) is 0 Å². The van der Waals surface area contributed by atoms with Gasteiger partial charge in [-0.3, -0.25) is 0 Å². The van der Waals surface area contributed by atoms with Crippen LogP contribution in [0.4, 0.5) is 0 Å². The van der Waals surface area contributed by atoms with Crippen LogP contribution in [-0.4, -0.2) is 14.8 Å². The summed E-state index contributed by atoms with van der Waals surface area (Å²) in [6.45, 7) is 0. The van der Waals surface area contributed by atoms with Gasteiger partial charge in [0.25, 0.3) is 0 Å². The Morgan fingerprint density at radius 2 is 2.07 bits per heavy atom. The van der Waals surface area contributed by atoms with Gasteiger partial charge in [-0.1, -0.05) is 23.7 Å². The smallest absolute Gasteiger partial charge is 0.152 e. The van der Waals surface area contributed by atoms with Crippen LogP contribution in [0.1, 0.15) is 16.6 Å². The van der Waals surface area contributed by atoms with Gasteiger partial charge in [-0.15, -0.1) is 0 Å². The number of nitriles is 1. The lowest BCUT2D eigenvalue weighted by Crippen LogP contribution is -2.04. The minimum absolute atomic E-state index is 0.389. The van der Waals surface area contributed by atoms with E-state index in [1.807, 2.05) is 0 Å². The van der Waals surface area contributed by atoms with Gasteiger partial charge < -0.3 is 0 Å². The molecule has 1 unspecified atom stereocenters. The molecule has 0 amide bonds. The van der Waals surface area contributed by atoms with Crippen LogP contribution in [0.15, 0.2) is 36.9 Å². The van der Waals surface area contributed by atoms with Crippen molar-refractivity contribution in [2.45, 2.75) is 5.50 Å². The highest BCUT2D eigenvalue weighted by atomic mass is 35.5. The third-order valence-electron chi connectivity index (χ3n) is 1.98. The van der Waals surface area contributed by atoms with Gasteiger partial charge in [-0.25, -0.2) is 9.67 Å². The number of hydrogen-bond donors (Lipinski definition) is 0. The Morgan fingerprint density at radius 1 is 1.33 bits per heavy atom. The highest BCUT2D eigenvalue weighted by molar-refractivity contribution is 6.20. The lowest BCUT2D eigenvalue weighted by atomic mass is 10.1. The molecule has 2 rings (SSSR count). The molecule has 0 aliphatic rings. The van der Waals surface area contributed by atoms with E-state index in [-0.39, 0.29) is 5.50 Å². The largest absolute Gasteiger partial charge is 0.230 e. The molecule has 0 saturated carbocycles. The topological polar surface area (TPSA) is 54.5 Å². The molecule has 0 aliphatic heterocycles. The van der Waals surface area contributed by atoms with Crippen LogP contribution in [-0.2, 0) is 0 Å². The number of aromatic nitrogens is 3. The minimum Gasteiger partial charge on any atom is -0.230 e. The maximum Gasteiger partial charge on any atom is 0.152 e. The maximum atomic E-state index is 8.64. The molecule has 15 heavy (non-hydrogen) atoms. The zero-order valence-electron chi connectivity index (χ0n) is 7.71. The predicted molar refractivity (Wildman–Crippen MR) is 55.2 cm³/mol. The molecule has 1 heterocycles. The minimum atomic E-state index is -0.389. The maximum absolute atomic E-state index is 8.64. The van der Waals surface area contributed by atoms with Crippen molar-refractivity contribution in [3.8, 4) is 6.07 Å². The van der Waals surface area contributed by atoms with Gasteiger partial charge in [0, 0.05) is 0 Å². The average molecular weight is 219 g/mol. The van der Waals surface area contributed by atoms with Crippen LogP contribution in [0.5, 0.6) is 0 Å². The van der Waals surface area contributed by atoms with Crippen molar-refractivity contribution in [1.29, 1.82) is 5.26 Å². The molecule has 0 fully saturated rings. The van der Waals surface area contributed by atoms with Crippen LogP contribution >= 0.6 is 11.6 Å². The molecule has 0 N–H and O–H groups in total. The Morgan fingerprint density at radius 3 is 2.60 bits per heavy atom. The highest BCUT2D eigenvalue weighted by Crippen LogP contribution is 2.21. The molecule has 0 aliphatic carbocycles. The van der Waals surface area contributed by atoms with E-state index in [0.29, 0.717) is 5.56 Å². The number of halogens is 1. The first-order valence-corrected chi connectivity index (χ1v) is 4.73. The Labute approximate surface area is 91.7 Å². The molecule has 1 aromatic heterocycles. The third kappa shape index (κ3) is 1.97. The average Bonchev–Trinajstić information content (AvgIpc) is 2.82. The van der Waals surface area contributed by atoms with E-state index in [4.69, 9.17) is 16.9 Å². The third-order valence-corrected chi connectivity index (χ3v) is 2.44. The molecule has 5 heteroatoms. The van der Waals surface area contributed by atoms with Crippen molar-refractivity contribution in [3.05, 3.63) is 48.0 Å². The predicted octanol–water partition coefficient (Wildman–Crippen LogP) is 1.94. The van der Waals surface area contributed by atoms with Crippen molar-refractivity contribution in [1.82, 2.24) is 14.8 Å². The van der Waals surface area contributed by atoms with Gasteiger partial charge in [0.15, 0.2) is 5.50 Å². The molecule has 1 atom stereocenters. The first kappa shape index (κ1) is 9.69. The van der Waals surface area contributed by atoms with Gasteiger partial charge in [0.2, 0.25) is 0 Å². The van der Waals surface area contributed by atoms with Crippen molar-refractivity contribution >= 4 is 11.6 Å². The Kier molecular flexibility index (Phi) is 2.66. The van der Waals surface area contributed by atoms with Gasteiger partial charge in [0.05, 0.1) is 11.6 Å². The zero-order valence-corrected chi connectivity index (χ0v) is 8.46. The van der Waals surface area contributed by atoms with Crippen molar-refractivity contribution < 1.29 is 0 Å². The van der Waals surface area contributed by atoms with E-state index in [9.17, 15) is 0 Å². The monoisotopic (exact) mass is 218 g/mol.